The van der Waals surface area contributed by atoms with Crippen LogP contribution in [0.1, 0.15) is 18.9 Å². The number of carbonyl (C=O) groups is 1. The monoisotopic (exact) mass is 506 g/mol. The molecule has 156 valence electrons. The summed E-state index contributed by atoms with van der Waals surface area (Å²) in [7, 11) is 0. The van der Waals surface area contributed by atoms with Gasteiger partial charge in [0.1, 0.15) is 5.75 Å². The minimum absolute atomic E-state index is 0.169. The van der Waals surface area contributed by atoms with Crippen molar-refractivity contribution in [1.82, 2.24) is 14.8 Å². The smallest absolute Gasteiger partial charge is 0.234 e. The molecule has 1 heterocycles. The average molecular weight is 508 g/mol. The van der Waals surface area contributed by atoms with E-state index in [4.69, 9.17) is 16.3 Å². The van der Waals surface area contributed by atoms with Crippen molar-refractivity contribution in [3.63, 3.8) is 0 Å². The van der Waals surface area contributed by atoms with Crippen LogP contribution in [0, 0.1) is 0 Å². The predicted octanol–water partition coefficient (Wildman–Crippen LogP) is 5.75. The number of halogens is 2. The number of carbonyl (C=O) groups excluding carboxylic acids is 1. The molecule has 1 N–H and O–H groups in total. The molecule has 0 saturated carbocycles. The number of benzene rings is 2. The highest BCUT2D eigenvalue weighted by Crippen LogP contribution is 2.26. The van der Waals surface area contributed by atoms with E-state index in [0.717, 1.165) is 10.2 Å². The Labute approximate surface area is 192 Å². The normalized spacial score (nSPS) is 11.7. The molecule has 0 saturated heterocycles. The largest absolute Gasteiger partial charge is 0.483 e. The maximum Gasteiger partial charge on any atom is 0.234 e. The molecule has 1 aromatic heterocycles. The van der Waals surface area contributed by atoms with E-state index >= 15 is 0 Å². The molecule has 6 nitrogen and oxygen atoms in total. The van der Waals surface area contributed by atoms with Crippen molar-refractivity contribution >= 4 is 50.9 Å². The Morgan fingerprint density at radius 1 is 1.30 bits per heavy atom. The van der Waals surface area contributed by atoms with Crippen LogP contribution in [-0.4, -0.2) is 26.4 Å². The molecule has 0 bridgehead atoms. The molecular formula is C21H20BrClN4O2S. The third kappa shape index (κ3) is 5.87. The third-order valence-electron chi connectivity index (χ3n) is 4.03. The summed E-state index contributed by atoms with van der Waals surface area (Å²) in [4.78, 5) is 12.3. The first-order valence-corrected chi connectivity index (χ1v) is 11.3. The Kier molecular flexibility index (Phi) is 7.95. The van der Waals surface area contributed by atoms with E-state index in [0.29, 0.717) is 28.2 Å². The average Bonchev–Trinajstić information content (AvgIpc) is 3.13. The van der Waals surface area contributed by atoms with Crippen LogP contribution < -0.4 is 10.1 Å². The third-order valence-corrected chi connectivity index (χ3v) is 5.85. The topological polar surface area (TPSA) is 69.0 Å². The molecule has 0 fully saturated rings. The van der Waals surface area contributed by atoms with Gasteiger partial charge in [-0.25, -0.2) is 0 Å². The van der Waals surface area contributed by atoms with Crippen molar-refractivity contribution in [1.29, 1.82) is 0 Å². The Bertz CT molecular complexity index is 1030. The Morgan fingerprint density at radius 2 is 2.03 bits per heavy atom. The number of allylic oxidation sites excluding steroid dienone is 1. The van der Waals surface area contributed by atoms with Crippen molar-refractivity contribution in [3.8, 4) is 5.75 Å². The van der Waals surface area contributed by atoms with Crippen LogP contribution in [-0.2, 0) is 11.3 Å². The van der Waals surface area contributed by atoms with Crippen LogP contribution in [0.4, 0.5) is 5.69 Å². The van der Waals surface area contributed by atoms with Gasteiger partial charge < -0.3 is 10.1 Å². The molecule has 9 heteroatoms. The minimum atomic E-state index is -0.329. The lowest BCUT2D eigenvalue weighted by molar-refractivity contribution is -0.113. The second-order valence-corrected chi connectivity index (χ2v) is 8.54. The summed E-state index contributed by atoms with van der Waals surface area (Å²) < 4.78 is 8.86. The first-order valence-electron chi connectivity index (χ1n) is 9.11. The van der Waals surface area contributed by atoms with E-state index in [9.17, 15) is 4.79 Å². The molecule has 3 rings (SSSR count). The van der Waals surface area contributed by atoms with Crippen molar-refractivity contribution < 1.29 is 9.53 Å². The number of aromatic nitrogens is 3. The van der Waals surface area contributed by atoms with Crippen LogP contribution >= 0.6 is 39.3 Å². The maximum atomic E-state index is 12.3. The highest BCUT2D eigenvalue weighted by atomic mass is 79.9. The number of rotatable bonds is 9. The molecule has 0 aliphatic carbocycles. The van der Waals surface area contributed by atoms with E-state index in [1.54, 1.807) is 18.2 Å². The zero-order chi connectivity index (χ0) is 21.5. The number of nitrogens with zero attached hydrogens (tertiary/aromatic N) is 3. The minimum Gasteiger partial charge on any atom is -0.483 e. The van der Waals surface area contributed by atoms with Crippen molar-refractivity contribution in [2.24, 2.45) is 0 Å². The molecule has 2 aromatic carbocycles. The van der Waals surface area contributed by atoms with Gasteiger partial charge in [-0.3, -0.25) is 9.36 Å². The van der Waals surface area contributed by atoms with Gasteiger partial charge in [0.2, 0.25) is 5.91 Å². The van der Waals surface area contributed by atoms with Crippen LogP contribution in [0.25, 0.3) is 0 Å². The molecular weight excluding hydrogens is 488 g/mol. The molecule has 0 aliphatic rings. The Hall–Kier alpha value is -2.29. The standard InChI is InChI=1S/C21H20BrClN4O2S/c1-3-12-27-20(14(2)29-16-10-8-15(22)9-11-16)25-26-21(27)30-13-19(28)24-18-7-5-4-6-17(18)23/h3-11,14H,1,12-13H2,2H3,(H,24,28). The number of ether oxygens (including phenoxy) is 1. The highest BCUT2D eigenvalue weighted by Gasteiger charge is 2.20. The summed E-state index contributed by atoms with van der Waals surface area (Å²) in [6.07, 6.45) is 1.43. The second kappa shape index (κ2) is 10.7. The fraction of sp³-hybridized carbons (Fsp3) is 0.190. The van der Waals surface area contributed by atoms with Crippen molar-refractivity contribution in [2.75, 3.05) is 11.1 Å². The quantitative estimate of drug-likeness (QED) is 0.295. The van der Waals surface area contributed by atoms with Gasteiger partial charge in [-0.15, -0.1) is 16.8 Å². The number of nitrogens with one attached hydrogen (secondary N) is 1. The summed E-state index contributed by atoms with van der Waals surface area (Å²) in [5, 5.41) is 12.4. The summed E-state index contributed by atoms with van der Waals surface area (Å²) in [5.41, 5.74) is 0.578. The van der Waals surface area contributed by atoms with Crippen LogP contribution in [0.15, 0.2) is 70.8 Å². The molecule has 0 spiro atoms. The molecule has 1 unspecified atom stereocenters. The summed E-state index contributed by atoms with van der Waals surface area (Å²) in [6, 6.07) is 14.7. The number of hydrogen-bond acceptors (Lipinski definition) is 5. The second-order valence-electron chi connectivity index (χ2n) is 6.27. The van der Waals surface area contributed by atoms with Crippen molar-refractivity contribution in [2.45, 2.75) is 24.7 Å². The van der Waals surface area contributed by atoms with Gasteiger partial charge in [0.05, 0.1) is 16.5 Å². The number of anilines is 1. The zero-order valence-corrected chi connectivity index (χ0v) is 19.4. The van der Waals surface area contributed by atoms with E-state index in [2.05, 4.69) is 38.0 Å². The number of thioether (sulfide) groups is 1. The van der Waals surface area contributed by atoms with Gasteiger partial charge in [0, 0.05) is 11.0 Å². The highest BCUT2D eigenvalue weighted by molar-refractivity contribution is 9.10. The van der Waals surface area contributed by atoms with Gasteiger partial charge in [-0.2, -0.15) is 0 Å². The fourth-order valence-corrected chi connectivity index (χ4v) is 3.86. The lowest BCUT2D eigenvalue weighted by Gasteiger charge is -2.15. The van der Waals surface area contributed by atoms with Gasteiger partial charge >= 0.3 is 0 Å². The van der Waals surface area contributed by atoms with Gasteiger partial charge in [-0.05, 0) is 43.3 Å². The lowest BCUT2D eigenvalue weighted by atomic mass is 10.3. The molecule has 1 amide bonds. The fourth-order valence-electron chi connectivity index (χ4n) is 2.66. The van der Waals surface area contributed by atoms with Crippen LogP contribution in [0.2, 0.25) is 5.02 Å². The van der Waals surface area contributed by atoms with Crippen LogP contribution in [0.3, 0.4) is 0 Å². The molecule has 0 aliphatic heterocycles. The predicted molar refractivity (Wildman–Crippen MR) is 124 cm³/mol. The number of hydrogen-bond donors (Lipinski definition) is 1. The van der Waals surface area contributed by atoms with E-state index in [1.807, 2.05) is 47.9 Å². The van der Waals surface area contributed by atoms with Gasteiger partial charge in [0.25, 0.3) is 0 Å². The molecule has 3 aromatic rings. The molecule has 1 atom stereocenters. The van der Waals surface area contributed by atoms with Gasteiger partial charge in [0.15, 0.2) is 17.1 Å². The number of amides is 1. The lowest BCUT2D eigenvalue weighted by Crippen LogP contribution is -2.15. The van der Waals surface area contributed by atoms with E-state index in [1.165, 1.54) is 11.8 Å². The Balaban J connectivity index is 1.67. The Morgan fingerprint density at radius 3 is 2.73 bits per heavy atom. The van der Waals surface area contributed by atoms with E-state index in [-0.39, 0.29) is 17.8 Å². The SMILES string of the molecule is C=CCn1c(SCC(=O)Nc2ccccc2Cl)nnc1C(C)Oc1ccc(Br)cc1. The maximum absolute atomic E-state index is 12.3. The zero-order valence-electron chi connectivity index (χ0n) is 16.2. The van der Waals surface area contributed by atoms with Crippen LogP contribution in [0.5, 0.6) is 5.75 Å². The summed E-state index contributed by atoms with van der Waals surface area (Å²) in [6.45, 7) is 6.22. The molecule has 0 radical (unpaired) electrons. The van der Waals surface area contributed by atoms with Gasteiger partial charge in [-0.1, -0.05) is 57.5 Å². The van der Waals surface area contributed by atoms with E-state index < -0.39 is 0 Å². The first kappa shape index (κ1) is 22.4. The molecule has 30 heavy (non-hydrogen) atoms. The summed E-state index contributed by atoms with van der Waals surface area (Å²) in [5.74, 6) is 1.38. The summed E-state index contributed by atoms with van der Waals surface area (Å²) >= 11 is 10.8. The number of para-hydroxylation sites is 1. The first-order chi connectivity index (χ1) is 14.5. The van der Waals surface area contributed by atoms with Crippen molar-refractivity contribution in [3.05, 3.63) is 76.5 Å².